The lowest BCUT2D eigenvalue weighted by molar-refractivity contribution is 0.350. The van der Waals surface area contributed by atoms with E-state index in [4.69, 9.17) is 5.41 Å². The van der Waals surface area contributed by atoms with Crippen molar-refractivity contribution in [3.8, 4) is 0 Å². The van der Waals surface area contributed by atoms with Gasteiger partial charge >= 0.3 is 0 Å². The van der Waals surface area contributed by atoms with Gasteiger partial charge in [0.15, 0.2) is 0 Å². The van der Waals surface area contributed by atoms with Crippen LogP contribution in [0, 0.1) is 5.41 Å². The van der Waals surface area contributed by atoms with E-state index in [9.17, 15) is 0 Å². The predicted molar refractivity (Wildman–Crippen MR) is 35.1 cm³/mol. The average molecular weight is 129 g/mol. The van der Waals surface area contributed by atoms with Crippen LogP contribution in [0.2, 0.25) is 0 Å². The molecular formula is C4H11N5. The Balaban J connectivity index is 3.56. The minimum atomic E-state index is 1.08. The number of nitrogens with one attached hydrogen (secondary N) is 1. The fourth-order valence-electron chi connectivity index (χ4n) is 0.169. The van der Waals surface area contributed by atoms with Crippen LogP contribution in [0.3, 0.4) is 0 Å². The highest BCUT2D eigenvalue weighted by atomic mass is 15.6. The Morgan fingerprint density at radius 1 is 1.22 bits per heavy atom. The van der Waals surface area contributed by atoms with E-state index in [1.54, 1.807) is 26.2 Å². The molecule has 0 fully saturated rings. The summed E-state index contributed by atoms with van der Waals surface area (Å²) < 4.78 is 0. The van der Waals surface area contributed by atoms with E-state index in [2.05, 4.69) is 10.4 Å². The molecule has 0 aromatic carbocycles. The van der Waals surface area contributed by atoms with Crippen molar-refractivity contribution in [2.24, 2.45) is 10.4 Å². The first-order valence-corrected chi connectivity index (χ1v) is 2.49. The van der Waals surface area contributed by atoms with E-state index in [0.29, 0.717) is 0 Å². The Bertz CT molecular complexity index is 108. The zero-order chi connectivity index (χ0) is 7.28. The van der Waals surface area contributed by atoms with Crippen LogP contribution in [0.25, 0.3) is 0 Å². The maximum atomic E-state index is 6.68. The summed E-state index contributed by atoms with van der Waals surface area (Å²) in [5.74, 6) is 0. The van der Waals surface area contributed by atoms with Gasteiger partial charge in [-0.2, -0.15) is 0 Å². The first-order valence-electron chi connectivity index (χ1n) is 2.49. The number of hydrogen-bond donors (Lipinski definition) is 1. The minimum Gasteiger partial charge on any atom is -0.290 e. The van der Waals surface area contributed by atoms with Gasteiger partial charge in [0.05, 0.1) is 0 Å². The summed E-state index contributed by atoms with van der Waals surface area (Å²) in [7, 11) is 5.17. The van der Waals surface area contributed by atoms with E-state index in [1.807, 2.05) is 0 Å². The molecule has 5 heteroatoms. The molecule has 0 atom stereocenters. The summed E-state index contributed by atoms with van der Waals surface area (Å²) in [6.07, 6.45) is 1.08. The van der Waals surface area contributed by atoms with Gasteiger partial charge in [-0.3, -0.25) is 10.4 Å². The minimum absolute atomic E-state index is 1.08. The molecule has 0 aliphatic carbocycles. The van der Waals surface area contributed by atoms with Crippen molar-refractivity contribution in [2.45, 2.75) is 0 Å². The monoisotopic (exact) mass is 129 g/mol. The fourth-order valence-corrected chi connectivity index (χ4v) is 0.169. The molecule has 0 rings (SSSR count). The summed E-state index contributed by atoms with van der Waals surface area (Å²) in [6, 6.07) is 0. The molecule has 0 spiro atoms. The molecule has 0 aromatic rings. The van der Waals surface area contributed by atoms with Crippen LogP contribution >= 0.6 is 0 Å². The summed E-state index contributed by atoms with van der Waals surface area (Å²) in [5.41, 5.74) is 0. The van der Waals surface area contributed by atoms with Gasteiger partial charge in [0.2, 0.25) is 0 Å². The molecule has 52 valence electrons. The van der Waals surface area contributed by atoms with Gasteiger partial charge in [-0.1, -0.05) is 5.22 Å². The Labute approximate surface area is 54.4 Å². The smallest absolute Gasteiger partial charge is 0.104 e. The molecule has 5 nitrogen and oxygen atoms in total. The number of rotatable bonds is 3. The second-order valence-electron chi connectivity index (χ2n) is 1.73. The SMILES string of the molecule is CN(C)/N=N/N(C)C=N. The quantitative estimate of drug-likeness (QED) is 0.259. The molecule has 0 bridgehead atoms. The molecule has 0 aliphatic rings. The van der Waals surface area contributed by atoms with E-state index in [0.717, 1.165) is 6.34 Å². The maximum absolute atomic E-state index is 6.68. The standard InChI is InChI=1S/C4H11N5/c1-8(2)6-7-9(3)4-5/h4-5H,1-3H3/b5-4?,7-6+. The first kappa shape index (κ1) is 7.87. The fraction of sp³-hybridized carbons (Fsp3) is 0.750. The number of hydrogen-bond acceptors (Lipinski definition) is 3. The van der Waals surface area contributed by atoms with Gasteiger partial charge in [-0.25, -0.2) is 5.01 Å². The van der Waals surface area contributed by atoms with Gasteiger partial charge < -0.3 is 0 Å². The Hall–Kier alpha value is -1.13. The van der Waals surface area contributed by atoms with Crippen LogP contribution in [0.1, 0.15) is 0 Å². The van der Waals surface area contributed by atoms with Crippen LogP contribution < -0.4 is 0 Å². The van der Waals surface area contributed by atoms with Gasteiger partial charge in [0, 0.05) is 21.1 Å². The molecule has 0 aromatic heterocycles. The van der Waals surface area contributed by atoms with E-state index < -0.39 is 0 Å². The van der Waals surface area contributed by atoms with Gasteiger partial charge in [-0.05, 0) is 5.22 Å². The Morgan fingerprint density at radius 3 is 2.11 bits per heavy atom. The van der Waals surface area contributed by atoms with Crippen LogP contribution in [-0.2, 0) is 0 Å². The molecule has 0 saturated carbocycles. The third kappa shape index (κ3) is 4.73. The molecule has 1 N–H and O–H groups in total. The number of nitrogens with zero attached hydrogens (tertiary/aromatic N) is 4. The first-order chi connectivity index (χ1) is 4.16. The molecule has 0 heterocycles. The van der Waals surface area contributed by atoms with Gasteiger partial charge in [0.25, 0.3) is 0 Å². The zero-order valence-corrected chi connectivity index (χ0v) is 5.87. The lowest BCUT2D eigenvalue weighted by Crippen LogP contribution is -2.08. The van der Waals surface area contributed by atoms with Gasteiger partial charge in [-0.15, -0.1) is 0 Å². The lowest BCUT2D eigenvalue weighted by Gasteiger charge is -2.04. The highest BCUT2D eigenvalue weighted by Gasteiger charge is 1.81. The van der Waals surface area contributed by atoms with Crippen molar-refractivity contribution < 1.29 is 0 Å². The van der Waals surface area contributed by atoms with Crippen LogP contribution in [0.5, 0.6) is 0 Å². The second kappa shape index (κ2) is 3.82. The maximum Gasteiger partial charge on any atom is 0.104 e. The van der Waals surface area contributed by atoms with Crippen LogP contribution in [0.15, 0.2) is 10.4 Å². The van der Waals surface area contributed by atoms with Crippen molar-refractivity contribution >= 4 is 6.34 Å². The topological polar surface area (TPSA) is 55.1 Å². The molecule has 9 heavy (non-hydrogen) atoms. The second-order valence-corrected chi connectivity index (χ2v) is 1.73. The molecule has 0 amide bonds. The summed E-state index contributed by atoms with van der Waals surface area (Å²) in [6.45, 7) is 0. The summed E-state index contributed by atoms with van der Waals surface area (Å²) >= 11 is 0. The van der Waals surface area contributed by atoms with Crippen molar-refractivity contribution in [3.63, 3.8) is 0 Å². The van der Waals surface area contributed by atoms with Gasteiger partial charge in [0.1, 0.15) is 6.34 Å². The van der Waals surface area contributed by atoms with Crippen molar-refractivity contribution in [2.75, 3.05) is 21.1 Å². The van der Waals surface area contributed by atoms with E-state index in [-0.39, 0.29) is 0 Å². The Morgan fingerprint density at radius 2 is 1.78 bits per heavy atom. The van der Waals surface area contributed by atoms with Crippen molar-refractivity contribution in [3.05, 3.63) is 0 Å². The molecule has 0 radical (unpaired) electrons. The van der Waals surface area contributed by atoms with Crippen molar-refractivity contribution in [1.82, 2.24) is 10.0 Å². The highest BCUT2D eigenvalue weighted by Crippen LogP contribution is 1.81. The summed E-state index contributed by atoms with van der Waals surface area (Å²) in [4.78, 5) is 0. The molecule has 0 unspecified atom stereocenters. The molecule has 0 aliphatic heterocycles. The van der Waals surface area contributed by atoms with Crippen molar-refractivity contribution in [1.29, 1.82) is 5.41 Å². The normalized spacial score (nSPS) is 9.67. The zero-order valence-electron chi connectivity index (χ0n) is 5.87. The molecular weight excluding hydrogens is 118 g/mol. The Kier molecular flexibility index (Phi) is 3.34. The summed E-state index contributed by atoms with van der Waals surface area (Å²) in [5, 5.41) is 16.8. The lowest BCUT2D eigenvalue weighted by atomic mass is 11.1. The van der Waals surface area contributed by atoms with E-state index >= 15 is 0 Å². The predicted octanol–water partition coefficient (Wildman–Crippen LogP) is 0.369. The third-order valence-electron chi connectivity index (χ3n) is 0.547. The van der Waals surface area contributed by atoms with E-state index in [1.165, 1.54) is 5.01 Å². The highest BCUT2D eigenvalue weighted by molar-refractivity contribution is 5.48. The average Bonchev–Trinajstić information content (AvgIpc) is 1.83. The van der Waals surface area contributed by atoms with Crippen LogP contribution in [-0.4, -0.2) is 37.5 Å². The third-order valence-corrected chi connectivity index (χ3v) is 0.547. The van der Waals surface area contributed by atoms with Crippen LogP contribution in [0.4, 0.5) is 0 Å². The largest absolute Gasteiger partial charge is 0.290 e. The molecule has 0 saturated heterocycles.